The van der Waals surface area contributed by atoms with Crippen molar-refractivity contribution in [3.05, 3.63) is 77.6 Å². The van der Waals surface area contributed by atoms with Crippen LogP contribution in [0.1, 0.15) is 43.7 Å². The smallest absolute Gasteiger partial charge is 0.273 e. The number of pyridine rings is 1. The van der Waals surface area contributed by atoms with Crippen molar-refractivity contribution < 1.29 is 22.8 Å². The fourth-order valence-corrected chi connectivity index (χ4v) is 6.18. The average Bonchev–Trinajstić information content (AvgIpc) is 3.17. The van der Waals surface area contributed by atoms with Gasteiger partial charge in [0.15, 0.2) is 0 Å². The van der Waals surface area contributed by atoms with Crippen LogP contribution in [0.5, 0.6) is 0 Å². The van der Waals surface area contributed by atoms with Crippen LogP contribution in [0.2, 0.25) is 0 Å². The summed E-state index contributed by atoms with van der Waals surface area (Å²) in [6.07, 6.45) is 6.82. The molecule has 2 aliphatic heterocycles. The first-order chi connectivity index (χ1) is 20.7. The van der Waals surface area contributed by atoms with E-state index in [0.29, 0.717) is 72.7 Å². The third-order valence-corrected chi connectivity index (χ3v) is 8.68. The molecule has 11 nitrogen and oxygen atoms in total. The lowest BCUT2D eigenvalue weighted by molar-refractivity contribution is -0.187. The number of aromatic nitrogens is 1. The fraction of sp³-hybridized carbons (Fsp3) is 0.323. The zero-order chi connectivity index (χ0) is 30.4. The van der Waals surface area contributed by atoms with Crippen molar-refractivity contribution in [2.75, 3.05) is 25.5 Å². The third-order valence-electron chi connectivity index (χ3n) is 7.19. The molecule has 1 aromatic heterocycles. The lowest BCUT2D eigenvalue weighted by atomic mass is 10.0. The van der Waals surface area contributed by atoms with Crippen LogP contribution in [-0.2, 0) is 31.0 Å². The molecule has 2 aliphatic rings. The Hall–Kier alpha value is -4.10. The molecule has 0 radical (unpaired) electrons. The Morgan fingerprint density at radius 3 is 2.58 bits per heavy atom. The van der Waals surface area contributed by atoms with Crippen molar-refractivity contribution in [3.8, 4) is 11.1 Å². The van der Waals surface area contributed by atoms with Gasteiger partial charge < -0.3 is 16.2 Å². The van der Waals surface area contributed by atoms with Gasteiger partial charge in [0.05, 0.1) is 5.69 Å². The van der Waals surface area contributed by atoms with Crippen LogP contribution in [-0.4, -0.2) is 56.0 Å². The van der Waals surface area contributed by atoms with Crippen molar-refractivity contribution in [3.63, 3.8) is 0 Å². The molecule has 2 aromatic carbocycles. The zero-order valence-corrected chi connectivity index (χ0v) is 24.8. The van der Waals surface area contributed by atoms with E-state index in [1.807, 2.05) is 37.3 Å². The molecular formula is C31H36N6O5S. The number of nitrogens with one attached hydrogen (secondary N) is 1. The van der Waals surface area contributed by atoms with Gasteiger partial charge >= 0.3 is 0 Å². The number of anilines is 1. The Labute approximate surface area is 251 Å². The van der Waals surface area contributed by atoms with Crippen LogP contribution in [0.4, 0.5) is 11.4 Å². The molecule has 12 heteroatoms. The maximum atomic E-state index is 13.6. The van der Waals surface area contributed by atoms with Crippen LogP contribution in [0.25, 0.3) is 17.2 Å². The maximum absolute atomic E-state index is 13.6. The fourth-order valence-electron chi connectivity index (χ4n) is 4.89. The number of amides is 1. The summed E-state index contributed by atoms with van der Waals surface area (Å²) in [6.45, 7) is 3.65. The van der Waals surface area contributed by atoms with E-state index in [9.17, 15) is 13.2 Å². The Balaban J connectivity index is 1.36. The molecule has 5 N–H and O–H groups in total. The third kappa shape index (κ3) is 7.65. The number of carbonyl (C=O) groups excluding carboxylic acids is 1. The van der Waals surface area contributed by atoms with E-state index >= 15 is 0 Å². The van der Waals surface area contributed by atoms with Gasteiger partial charge in [-0.3, -0.25) is 14.6 Å². The van der Waals surface area contributed by atoms with Gasteiger partial charge in [0.1, 0.15) is 17.3 Å². The Bertz CT molecular complexity index is 1630. The molecule has 0 atom stereocenters. The Kier molecular flexibility index (Phi) is 9.51. The summed E-state index contributed by atoms with van der Waals surface area (Å²) in [7, 11) is -3.76. The number of rotatable bonds is 10. The minimum atomic E-state index is -3.76. The number of hydrogen-bond acceptors (Lipinski definition) is 9. The molecule has 5 rings (SSSR count). The minimum Gasteiger partial charge on any atom is -0.399 e. The molecule has 0 unspecified atom stereocenters. The molecule has 0 bridgehead atoms. The summed E-state index contributed by atoms with van der Waals surface area (Å²) in [4.78, 5) is 28.3. The van der Waals surface area contributed by atoms with Gasteiger partial charge in [0, 0.05) is 67.0 Å². The van der Waals surface area contributed by atoms with Gasteiger partial charge in [0.25, 0.3) is 5.91 Å². The molecule has 3 aromatic rings. The quantitative estimate of drug-likeness (QED) is 0.232. The molecule has 3 heterocycles. The van der Waals surface area contributed by atoms with E-state index in [2.05, 4.69) is 14.7 Å². The number of ether oxygens (including phenoxy) is 1. The topological polar surface area (TPSA) is 162 Å². The molecule has 226 valence electrons. The maximum Gasteiger partial charge on any atom is 0.273 e. The van der Waals surface area contributed by atoms with Gasteiger partial charge in [-0.15, -0.1) is 0 Å². The standard InChI is InChI=1S/C31H36N6O5S/c1-2-11-37(42-20-21-3-7-26(32)8-4-21)31(38)24-14-23-6-5-22(16-29(23)35-30(33)17-24)25-15-28(19-34-18-25)43(39,40)36-27-9-12-41-13-10-27/h3-8,14-16,18-19,27,36H,2,9-13,17,20,32H2,1H3,(H2,33,35). The number of nitrogens with zero attached hydrogens (tertiary/aromatic N) is 3. The highest BCUT2D eigenvalue weighted by molar-refractivity contribution is 7.89. The van der Waals surface area contributed by atoms with E-state index in [4.69, 9.17) is 21.0 Å². The second-order valence-electron chi connectivity index (χ2n) is 10.6. The molecule has 1 fully saturated rings. The number of nitrogen functional groups attached to an aromatic ring is 1. The summed E-state index contributed by atoms with van der Waals surface area (Å²) < 4.78 is 34.2. The summed E-state index contributed by atoms with van der Waals surface area (Å²) in [6, 6.07) is 14.2. The Morgan fingerprint density at radius 1 is 1.07 bits per heavy atom. The first-order valence-corrected chi connectivity index (χ1v) is 15.7. The monoisotopic (exact) mass is 604 g/mol. The molecule has 0 aliphatic carbocycles. The largest absolute Gasteiger partial charge is 0.399 e. The minimum absolute atomic E-state index is 0.0808. The molecule has 1 amide bonds. The van der Waals surface area contributed by atoms with E-state index in [1.165, 1.54) is 11.3 Å². The number of amidine groups is 1. The SMILES string of the molecule is CCCN(OCc1ccc(N)cc1)C(=O)C1=Cc2ccc(-c3cncc(S(=O)(=O)NC4CCOCC4)c3)cc2N=C(N)C1. The van der Waals surface area contributed by atoms with E-state index in [1.54, 1.807) is 30.5 Å². The number of hydroxylamine groups is 2. The summed E-state index contributed by atoms with van der Waals surface area (Å²) >= 11 is 0. The van der Waals surface area contributed by atoms with Gasteiger partial charge in [0.2, 0.25) is 10.0 Å². The first-order valence-electron chi connectivity index (χ1n) is 14.2. The highest BCUT2D eigenvalue weighted by Crippen LogP contribution is 2.32. The number of nitrogens with two attached hydrogens (primary N) is 2. The number of hydrogen-bond donors (Lipinski definition) is 3. The zero-order valence-electron chi connectivity index (χ0n) is 24.0. The van der Waals surface area contributed by atoms with Crippen LogP contribution in [0.15, 0.2) is 76.4 Å². The average molecular weight is 605 g/mol. The molecule has 43 heavy (non-hydrogen) atoms. The second kappa shape index (κ2) is 13.5. The number of aliphatic imine (C=N–C) groups is 1. The van der Waals surface area contributed by atoms with Crippen LogP contribution in [0, 0.1) is 0 Å². The van der Waals surface area contributed by atoms with Crippen LogP contribution in [0.3, 0.4) is 0 Å². The lowest BCUT2D eigenvalue weighted by Crippen LogP contribution is -2.38. The van der Waals surface area contributed by atoms with E-state index in [-0.39, 0.29) is 35.7 Å². The van der Waals surface area contributed by atoms with E-state index in [0.717, 1.165) is 5.56 Å². The number of carbonyl (C=O) groups is 1. The first kappa shape index (κ1) is 30.4. The summed E-state index contributed by atoms with van der Waals surface area (Å²) in [5.74, 6) is -0.00731. The van der Waals surface area contributed by atoms with Crippen LogP contribution >= 0.6 is 0 Å². The van der Waals surface area contributed by atoms with Crippen molar-refractivity contribution in [2.24, 2.45) is 10.7 Å². The molecule has 1 saturated heterocycles. The van der Waals surface area contributed by atoms with Gasteiger partial charge in [-0.05, 0) is 60.7 Å². The highest BCUT2D eigenvalue weighted by Gasteiger charge is 2.24. The molecular weight excluding hydrogens is 568 g/mol. The van der Waals surface area contributed by atoms with Crippen molar-refractivity contribution in [1.29, 1.82) is 0 Å². The number of sulfonamides is 1. The van der Waals surface area contributed by atoms with Gasteiger partial charge in [-0.25, -0.2) is 23.2 Å². The predicted molar refractivity (Wildman–Crippen MR) is 165 cm³/mol. The van der Waals surface area contributed by atoms with Crippen molar-refractivity contribution >= 4 is 39.2 Å². The molecule has 0 saturated carbocycles. The Morgan fingerprint density at radius 2 is 1.84 bits per heavy atom. The number of fused-ring (bicyclic) bond motifs is 1. The van der Waals surface area contributed by atoms with Crippen molar-refractivity contribution in [1.82, 2.24) is 14.8 Å². The summed E-state index contributed by atoms with van der Waals surface area (Å²) in [5, 5.41) is 1.36. The molecule has 0 spiro atoms. The second-order valence-corrected chi connectivity index (χ2v) is 12.3. The normalized spacial score (nSPS) is 15.7. The highest BCUT2D eigenvalue weighted by atomic mass is 32.2. The van der Waals surface area contributed by atoms with Gasteiger partial charge in [-0.1, -0.05) is 31.2 Å². The lowest BCUT2D eigenvalue weighted by Gasteiger charge is -2.23. The predicted octanol–water partition coefficient (Wildman–Crippen LogP) is 3.93. The summed E-state index contributed by atoms with van der Waals surface area (Å²) in [5.41, 5.74) is 16.6. The van der Waals surface area contributed by atoms with Crippen LogP contribution < -0.4 is 16.2 Å². The van der Waals surface area contributed by atoms with Crippen molar-refractivity contribution in [2.45, 2.75) is 50.2 Å². The van der Waals surface area contributed by atoms with Gasteiger partial charge in [-0.2, -0.15) is 0 Å². The number of benzene rings is 2. The van der Waals surface area contributed by atoms with E-state index < -0.39 is 10.0 Å².